The van der Waals surface area contributed by atoms with E-state index in [1.165, 1.54) is 62.5 Å². The summed E-state index contributed by atoms with van der Waals surface area (Å²) in [6, 6.07) is 8.44. The van der Waals surface area contributed by atoms with Gasteiger partial charge in [-0.2, -0.15) is 0 Å². The van der Waals surface area contributed by atoms with Crippen LogP contribution in [-0.4, -0.2) is 11.6 Å². The second-order valence-electron chi connectivity index (χ2n) is 15.9. The van der Waals surface area contributed by atoms with Crippen molar-refractivity contribution in [3.63, 3.8) is 0 Å². The molecule has 0 spiro atoms. The van der Waals surface area contributed by atoms with Crippen LogP contribution in [0.3, 0.4) is 0 Å². The Labute approximate surface area is 277 Å². The van der Waals surface area contributed by atoms with Crippen LogP contribution in [0.15, 0.2) is 24.3 Å². The molecule has 3 rings (SSSR count). The minimum Gasteiger partial charge on any atom is -0.487 e. The lowest BCUT2D eigenvalue weighted by Crippen LogP contribution is -2.37. The standard InChI is InChI=1S/C42H66O3/c1-28(2)15-12-16-30(5)17-13-18-31(6)19-14-25-42(11)26-24-38-35(10)39(32(7)33(8)40(38)45-42)44-41(43)34(9)37-22-20-36(21-23-37)27-29(3)4/h20-23,28-31,34H,12-19,24-27H2,1-11H3/t30-,31-,34?,42-/m1/s1. The smallest absolute Gasteiger partial charge is 0.318 e. The van der Waals surface area contributed by atoms with Gasteiger partial charge in [-0.25, -0.2) is 0 Å². The molecule has 4 atom stereocenters. The molecule has 0 N–H and O–H groups in total. The van der Waals surface area contributed by atoms with Gasteiger partial charge in [-0.3, -0.25) is 4.79 Å². The zero-order valence-corrected chi connectivity index (χ0v) is 30.9. The van der Waals surface area contributed by atoms with Crippen LogP contribution in [0.4, 0.5) is 0 Å². The molecule has 252 valence electrons. The SMILES string of the molecule is Cc1c(C)c2c(c(C)c1OC(=O)C(C)c1ccc(CC(C)C)cc1)CC[C@@](C)(CCC[C@H](C)CCC[C@H](C)CCCC(C)C)O2. The van der Waals surface area contributed by atoms with Crippen LogP contribution in [0, 0.1) is 44.4 Å². The molecule has 2 aromatic carbocycles. The predicted octanol–water partition coefficient (Wildman–Crippen LogP) is 12.0. The molecule has 1 unspecified atom stereocenters. The zero-order valence-electron chi connectivity index (χ0n) is 30.9. The number of rotatable bonds is 17. The highest BCUT2D eigenvalue weighted by Gasteiger charge is 2.35. The maximum Gasteiger partial charge on any atom is 0.318 e. The number of carbonyl (C=O) groups excluding carboxylic acids is 1. The summed E-state index contributed by atoms with van der Waals surface area (Å²) in [6.45, 7) is 24.5. The van der Waals surface area contributed by atoms with Crippen LogP contribution in [0.1, 0.15) is 159 Å². The fourth-order valence-electron chi connectivity index (χ4n) is 7.15. The Kier molecular flexibility index (Phi) is 14.1. The minimum absolute atomic E-state index is 0.143. The maximum atomic E-state index is 13.3. The van der Waals surface area contributed by atoms with Gasteiger partial charge in [0.25, 0.3) is 0 Å². The Morgan fingerprint density at radius 2 is 1.36 bits per heavy atom. The number of fused-ring (bicyclic) bond motifs is 1. The van der Waals surface area contributed by atoms with Gasteiger partial charge >= 0.3 is 5.97 Å². The van der Waals surface area contributed by atoms with Gasteiger partial charge < -0.3 is 9.47 Å². The molecule has 2 aromatic rings. The normalized spacial score (nSPS) is 18.4. The van der Waals surface area contributed by atoms with Crippen LogP contribution < -0.4 is 9.47 Å². The van der Waals surface area contributed by atoms with E-state index in [9.17, 15) is 4.79 Å². The van der Waals surface area contributed by atoms with E-state index in [0.29, 0.717) is 5.92 Å². The molecule has 0 aromatic heterocycles. The third-order valence-corrected chi connectivity index (χ3v) is 10.5. The second kappa shape index (κ2) is 17.0. The van der Waals surface area contributed by atoms with Crippen molar-refractivity contribution in [2.75, 3.05) is 0 Å². The zero-order chi connectivity index (χ0) is 33.3. The van der Waals surface area contributed by atoms with Crippen LogP contribution >= 0.6 is 0 Å². The molecule has 0 bridgehead atoms. The molecule has 0 saturated heterocycles. The number of benzene rings is 2. The largest absolute Gasteiger partial charge is 0.487 e. The third-order valence-electron chi connectivity index (χ3n) is 10.5. The highest BCUT2D eigenvalue weighted by molar-refractivity contribution is 5.81. The van der Waals surface area contributed by atoms with Crippen molar-refractivity contribution in [2.24, 2.45) is 23.7 Å². The monoisotopic (exact) mass is 619 g/mol. The maximum absolute atomic E-state index is 13.3. The molecule has 0 saturated carbocycles. The first-order valence-electron chi connectivity index (χ1n) is 18.3. The first-order chi connectivity index (χ1) is 21.2. The average molecular weight is 619 g/mol. The van der Waals surface area contributed by atoms with Gasteiger partial charge in [0.2, 0.25) is 0 Å². The summed E-state index contributed by atoms with van der Waals surface area (Å²) in [5, 5.41) is 0. The molecule has 1 heterocycles. The summed E-state index contributed by atoms with van der Waals surface area (Å²) < 4.78 is 13.0. The third kappa shape index (κ3) is 10.9. The lowest BCUT2D eigenvalue weighted by molar-refractivity contribution is -0.135. The molecule has 3 nitrogen and oxygen atoms in total. The molecule has 45 heavy (non-hydrogen) atoms. The summed E-state index contributed by atoms with van der Waals surface area (Å²) >= 11 is 0. The molecule has 0 amide bonds. The van der Waals surface area contributed by atoms with Gasteiger partial charge in [0.1, 0.15) is 17.1 Å². The average Bonchev–Trinajstić information content (AvgIpc) is 2.97. The van der Waals surface area contributed by atoms with E-state index in [0.717, 1.165) is 77.2 Å². The first kappa shape index (κ1) is 37.2. The molecule has 3 heteroatoms. The molecule has 1 aliphatic heterocycles. The van der Waals surface area contributed by atoms with Crippen molar-refractivity contribution in [3.05, 3.63) is 57.6 Å². The van der Waals surface area contributed by atoms with E-state index < -0.39 is 0 Å². The summed E-state index contributed by atoms with van der Waals surface area (Å²) in [5.74, 6) is 4.29. The van der Waals surface area contributed by atoms with Crippen molar-refractivity contribution < 1.29 is 14.3 Å². The highest BCUT2D eigenvalue weighted by Crippen LogP contribution is 2.45. The molecular formula is C42H66O3. The van der Waals surface area contributed by atoms with Crippen molar-refractivity contribution in [2.45, 2.75) is 165 Å². The topological polar surface area (TPSA) is 35.5 Å². The van der Waals surface area contributed by atoms with E-state index in [2.05, 4.69) is 93.5 Å². The van der Waals surface area contributed by atoms with Crippen LogP contribution in [0.5, 0.6) is 11.5 Å². The predicted molar refractivity (Wildman–Crippen MR) is 192 cm³/mol. The fourth-order valence-corrected chi connectivity index (χ4v) is 7.15. The lowest BCUT2D eigenvalue weighted by Gasteiger charge is -2.38. The molecule has 0 aliphatic carbocycles. The quantitative estimate of drug-likeness (QED) is 0.131. The Morgan fingerprint density at radius 3 is 1.93 bits per heavy atom. The summed E-state index contributed by atoms with van der Waals surface area (Å²) in [7, 11) is 0. The van der Waals surface area contributed by atoms with Gasteiger partial charge in [-0.05, 0) is 118 Å². The van der Waals surface area contributed by atoms with E-state index in [1.807, 2.05) is 6.92 Å². The van der Waals surface area contributed by atoms with E-state index in [-0.39, 0.29) is 17.5 Å². The minimum atomic E-state index is -0.326. The Bertz CT molecular complexity index is 1220. The molecule has 1 aliphatic rings. The Morgan fingerprint density at radius 1 is 0.778 bits per heavy atom. The second-order valence-corrected chi connectivity index (χ2v) is 15.9. The number of ether oxygens (including phenoxy) is 2. The lowest BCUT2D eigenvalue weighted by atomic mass is 9.83. The molecular weight excluding hydrogens is 552 g/mol. The highest BCUT2D eigenvalue weighted by atomic mass is 16.5. The molecule has 0 fully saturated rings. The van der Waals surface area contributed by atoms with Gasteiger partial charge in [-0.1, -0.05) is 111 Å². The molecule has 0 radical (unpaired) electrons. The summed E-state index contributed by atoms with van der Waals surface area (Å²) in [6.07, 6.45) is 14.8. The number of hydrogen-bond donors (Lipinski definition) is 0. The Balaban J connectivity index is 1.55. The van der Waals surface area contributed by atoms with E-state index >= 15 is 0 Å². The van der Waals surface area contributed by atoms with Crippen LogP contribution in [-0.2, 0) is 17.6 Å². The van der Waals surface area contributed by atoms with Crippen molar-refractivity contribution in [3.8, 4) is 11.5 Å². The van der Waals surface area contributed by atoms with Crippen LogP contribution in [0.2, 0.25) is 0 Å². The van der Waals surface area contributed by atoms with Gasteiger partial charge in [-0.15, -0.1) is 0 Å². The van der Waals surface area contributed by atoms with Crippen molar-refractivity contribution in [1.29, 1.82) is 0 Å². The van der Waals surface area contributed by atoms with Crippen molar-refractivity contribution in [1.82, 2.24) is 0 Å². The van der Waals surface area contributed by atoms with E-state index in [4.69, 9.17) is 9.47 Å². The van der Waals surface area contributed by atoms with E-state index in [1.54, 1.807) is 0 Å². The number of carbonyl (C=O) groups is 1. The summed E-state index contributed by atoms with van der Waals surface area (Å²) in [5.41, 5.74) is 6.53. The van der Waals surface area contributed by atoms with Crippen LogP contribution in [0.25, 0.3) is 0 Å². The Hall–Kier alpha value is -2.29. The van der Waals surface area contributed by atoms with Gasteiger partial charge in [0.15, 0.2) is 0 Å². The fraction of sp³-hybridized carbons (Fsp3) is 0.690. The van der Waals surface area contributed by atoms with Crippen molar-refractivity contribution >= 4 is 5.97 Å². The summed E-state index contributed by atoms with van der Waals surface area (Å²) in [4.78, 5) is 13.3. The number of esters is 1. The number of hydrogen-bond acceptors (Lipinski definition) is 3. The van der Waals surface area contributed by atoms with Gasteiger partial charge in [0.05, 0.1) is 5.92 Å². The first-order valence-corrected chi connectivity index (χ1v) is 18.3. The van der Waals surface area contributed by atoms with Gasteiger partial charge in [0, 0.05) is 5.56 Å².